The van der Waals surface area contributed by atoms with Crippen LogP contribution in [0.5, 0.6) is 5.75 Å². The second-order valence-electron chi connectivity index (χ2n) is 7.24. The average Bonchev–Trinajstić information content (AvgIpc) is 3.19. The summed E-state index contributed by atoms with van der Waals surface area (Å²) in [7, 11) is 0. The standard InChI is InChI=1S/C22H22N4O8/c1-2-33-18-6-4-3-5-17(18)23-19(27)13-34-22(30)15-11-20(28)25(12-15)24-21(29)14-7-9-16(10-8-14)26(31)32/h3-10,15H,2,11-13H2,1H3,(H,23,27)(H,24,29)/t15-/m0/s1. The van der Waals surface area contributed by atoms with Gasteiger partial charge in [0, 0.05) is 24.1 Å². The normalized spacial score (nSPS) is 14.9. The van der Waals surface area contributed by atoms with Crippen molar-refractivity contribution < 1.29 is 33.6 Å². The Morgan fingerprint density at radius 3 is 2.53 bits per heavy atom. The topological polar surface area (TPSA) is 157 Å². The zero-order valence-electron chi connectivity index (χ0n) is 18.2. The number of hydrogen-bond donors (Lipinski definition) is 2. The van der Waals surface area contributed by atoms with Crippen LogP contribution in [0, 0.1) is 16.0 Å². The molecule has 34 heavy (non-hydrogen) atoms. The quantitative estimate of drug-likeness (QED) is 0.318. The molecule has 3 amide bonds. The maximum atomic E-state index is 12.3. The van der Waals surface area contributed by atoms with Gasteiger partial charge in [-0.05, 0) is 31.2 Å². The molecule has 1 aliphatic rings. The van der Waals surface area contributed by atoms with Gasteiger partial charge in [-0.15, -0.1) is 0 Å². The molecule has 0 bridgehead atoms. The highest BCUT2D eigenvalue weighted by atomic mass is 16.6. The first-order chi connectivity index (χ1) is 16.3. The van der Waals surface area contributed by atoms with Crippen LogP contribution in [0.2, 0.25) is 0 Å². The van der Waals surface area contributed by atoms with E-state index in [9.17, 15) is 29.3 Å². The number of ether oxygens (including phenoxy) is 2. The Labute approximate surface area is 193 Å². The highest BCUT2D eigenvalue weighted by Crippen LogP contribution is 2.24. The van der Waals surface area contributed by atoms with Crippen molar-refractivity contribution >= 4 is 35.1 Å². The predicted octanol–water partition coefficient (Wildman–Crippen LogP) is 1.67. The number of nitrogens with one attached hydrogen (secondary N) is 2. The first-order valence-electron chi connectivity index (χ1n) is 10.3. The number of amides is 3. The zero-order chi connectivity index (χ0) is 24.7. The third kappa shape index (κ3) is 6.06. The summed E-state index contributed by atoms with van der Waals surface area (Å²) in [6.07, 6.45) is -0.200. The number of nitro groups is 1. The molecule has 0 aliphatic carbocycles. The molecule has 0 saturated carbocycles. The van der Waals surface area contributed by atoms with E-state index in [1.54, 1.807) is 31.2 Å². The minimum absolute atomic E-state index is 0.105. The van der Waals surface area contributed by atoms with Crippen LogP contribution >= 0.6 is 0 Å². The van der Waals surface area contributed by atoms with Gasteiger partial charge in [-0.1, -0.05) is 12.1 Å². The predicted molar refractivity (Wildman–Crippen MR) is 118 cm³/mol. The summed E-state index contributed by atoms with van der Waals surface area (Å²) in [5, 5.41) is 14.3. The lowest BCUT2D eigenvalue weighted by Crippen LogP contribution is -2.43. The molecule has 12 heteroatoms. The summed E-state index contributed by atoms with van der Waals surface area (Å²) in [6, 6.07) is 11.6. The molecule has 1 aliphatic heterocycles. The molecule has 2 aromatic rings. The van der Waals surface area contributed by atoms with Gasteiger partial charge in [0.2, 0.25) is 5.91 Å². The lowest BCUT2D eigenvalue weighted by Gasteiger charge is -2.17. The fourth-order valence-electron chi connectivity index (χ4n) is 3.19. The molecule has 1 atom stereocenters. The van der Waals surface area contributed by atoms with E-state index in [2.05, 4.69) is 10.7 Å². The second kappa shape index (κ2) is 10.9. The third-order valence-corrected chi connectivity index (χ3v) is 4.84. The number of hydrogen-bond acceptors (Lipinski definition) is 8. The van der Waals surface area contributed by atoms with Gasteiger partial charge in [-0.25, -0.2) is 0 Å². The van der Waals surface area contributed by atoms with Crippen LogP contribution in [0.4, 0.5) is 11.4 Å². The van der Waals surface area contributed by atoms with E-state index in [1.165, 1.54) is 24.3 Å². The van der Waals surface area contributed by atoms with Gasteiger partial charge in [0.05, 0.1) is 29.7 Å². The Morgan fingerprint density at radius 1 is 1.15 bits per heavy atom. The summed E-state index contributed by atoms with van der Waals surface area (Å²) in [5.41, 5.74) is 2.73. The SMILES string of the molecule is CCOc1ccccc1NC(=O)COC(=O)[C@H]1CC(=O)N(NC(=O)c2ccc([N+](=O)[O-])cc2)C1. The summed E-state index contributed by atoms with van der Waals surface area (Å²) in [6.45, 7) is 1.53. The van der Waals surface area contributed by atoms with Crippen LogP contribution in [0.3, 0.4) is 0 Å². The van der Waals surface area contributed by atoms with E-state index in [-0.39, 0.29) is 24.2 Å². The number of benzene rings is 2. The summed E-state index contributed by atoms with van der Waals surface area (Å²) >= 11 is 0. The monoisotopic (exact) mass is 470 g/mol. The van der Waals surface area contributed by atoms with Crippen LogP contribution in [0.15, 0.2) is 48.5 Å². The van der Waals surface area contributed by atoms with E-state index in [0.717, 1.165) is 5.01 Å². The average molecular weight is 470 g/mol. The van der Waals surface area contributed by atoms with Crippen LogP contribution in [0.1, 0.15) is 23.7 Å². The van der Waals surface area contributed by atoms with Gasteiger partial charge >= 0.3 is 5.97 Å². The molecule has 1 saturated heterocycles. The molecule has 1 heterocycles. The number of esters is 1. The molecule has 0 unspecified atom stereocenters. The number of anilines is 1. The minimum atomic E-state index is -0.867. The van der Waals surface area contributed by atoms with E-state index in [0.29, 0.717) is 18.0 Å². The number of nitrogens with zero attached hydrogens (tertiary/aromatic N) is 2. The van der Waals surface area contributed by atoms with Gasteiger partial charge in [0.25, 0.3) is 17.5 Å². The summed E-state index contributed by atoms with van der Waals surface area (Å²) in [5.74, 6) is -2.89. The lowest BCUT2D eigenvalue weighted by molar-refractivity contribution is -0.384. The van der Waals surface area contributed by atoms with Crippen LogP contribution < -0.4 is 15.5 Å². The van der Waals surface area contributed by atoms with Gasteiger partial charge < -0.3 is 14.8 Å². The maximum absolute atomic E-state index is 12.3. The molecule has 0 aromatic heterocycles. The van der Waals surface area contributed by atoms with Crippen molar-refractivity contribution in [2.24, 2.45) is 5.92 Å². The van der Waals surface area contributed by atoms with E-state index in [4.69, 9.17) is 9.47 Å². The Kier molecular flexibility index (Phi) is 7.75. The highest BCUT2D eigenvalue weighted by molar-refractivity contribution is 5.97. The number of carbonyl (C=O) groups is 4. The van der Waals surface area contributed by atoms with Gasteiger partial charge in [0.15, 0.2) is 6.61 Å². The third-order valence-electron chi connectivity index (χ3n) is 4.84. The number of rotatable bonds is 9. The Hall–Kier alpha value is -4.48. The molecule has 12 nitrogen and oxygen atoms in total. The van der Waals surface area contributed by atoms with Crippen molar-refractivity contribution in [3.63, 3.8) is 0 Å². The molecule has 1 fully saturated rings. The van der Waals surface area contributed by atoms with Crippen molar-refractivity contribution in [1.82, 2.24) is 10.4 Å². The number of carbonyl (C=O) groups excluding carboxylic acids is 4. The van der Waals surface area contributed by atoms with Crippen LogP contribution in [-0.2, 0) is 19.1 Å². The van der Waals surface area contributed by atoms with Crippen molar-refractivity contribution in [2.45, 2.75) is 13.3 Å². The first kappa shape index (κ1) is 24.2. The Morgan fingerprint density at radius 2 is 1.85 bits per heavy atom. The summed E-state index contributed by atoms with van der Waals surface area (Å²) < 4.78 is 10.5. The van der Waals surface area contributed by atoms with Crippen molar-refractivity contribution in [3.8, 4) is 5.75 Å². The van der Waals surface area contributed by atoms with Gasteiger partial charge in [-0.2, -0.15) is 0 Å². The Bertz CT molecular complexity index is 1100. The number of nitro benzene ring substituents is 1. The largest absolute Gasteiger partial charge is 0.492 e. The number of para-hydroxylation sites is 2. The number of non-ortho nitro benzene ring substituents is 1. The smallest absolute Gasteiger partial charge is 0.311 e. The molecule has 2 aromatic carbocycles. The molecular formula is C22H22N4O8. The van der Waals surface area contributed by atoms with E-state index < -0.39 is 41.1 Å². The summed E-state index contributed by atoms with van der Waals surface area (Å²) in [4.78, 5) is 59.1. The Balaban J connectivity index is 1.49. The van der Waals surface area contributed by atoms with Crippen LogP contribution in [-0.4, -0.2) is 53.4 Å². The van der Waals surface area contributed by atoms with E-state index >= 15 is 0 Å². The molecular weight excluding hydrogens is 448 g/mol. The molecule has 3 rings (SSSR count). The van der Waals surface area contributed by atoms with Crippen molar-refractivity contribution in [1.29, 1.82) is 0 Å². The minimum Gasteiger partial charge on any atom is -0.492 e. The highest BCUT2D eigenvalue weighted by Gasteiger charge is 2.36. The fraction of sp³-hybridized carbons (Fsp3) is 0.273. The second-order valence-corrected chi connectivity index (χ2v) is 7.24. The molecule has 178 valence electrons. The van der Waals surface area contributed by atoms with Crippen LogP contribution in [0.25, 0.3) is 0 Å². The molecule has 2 N–H and O–H groups in total. The lowest BCUT2D eigenvalue weighted by atomic mass is 10.1. The van der Waals surface area contributed by atoms with Gasteiger partial charge in [-0.3, -0.25) is 39.7 Å². The molecule has 0 radical (unpaired) electrons. The fourth-order valence-corrected chi connectivity index (χ4v) is 3.19. The maximum Gasteiger partial charge on any atom is 0.311 e. The van der Waals surface area contributed by atoms with Crippen molar-refractivity contribution in [2.75, 3.05) is 25.1 Å². The molecule has 0 spiro atoms. The van der Waals surface area contributed by atoms with Crippen molar-refractivity contribution in [3.05, 3.63) is 64.2 Å². The van der Waals surface area contributed by atoms with E-state index in [1.807, 2.05) is 0 Å². The zero-order valence-corrected chi connectivity index (χ0v) is 18.2. The van der Waals surface area contributed by atoms with Gasteiger partial charge in [0.1, 0.15) is 5.75 Å². The number of hydrazine groups is 1. The first-order valence-corrected chi connectivity index (χ1v) is 10.3.